The number of allylic oxidation sites excluding steroid dienone is 1. The summed E-state index contributed by atoms with van der Waals surface area (Å²) in [5.41, 5.74) is 2.99. The van der Waals surface area contributed by atoms with Crippen LogP contribution >= 0.6 is 23.5 Å². The molecule has 160 valence electrons. The summed E-state index contributed by atoms with van der Waals surface area (Å²) >= 11 is 3.09. The number of nitrogens with zero attached hydrogens (tertiary/aromatic N) is 2. The zero-order valence-corrected chi connectivity index (χ0v) is 19.2. The van der Waals surface area contributed by atoms with Crippen LogP contribution in [-0.4, -0.2) is 40.2 Å². The average Bonchev–Trinajstić information content (AvgIpc) is 3.08. The number of aliphatic imine (C=N–C) groups is 1. The van der Waals surface area contributed by atoms with E-state index in [0.717, 1.165) is 20.9 Å². The van der Waals surface area contributed by atoms with Crippen LogP contribution in [0.3, 0.4) is 0 Å². The highest BCUT2D eigenvalue weighted by atomic mass is 32.2. The molecule has 0 aliphatic carbocycles. The average molecular weight is 453 g/mol. The van der Waals surface area contributed by atoms with Gasteiger partial charge in [0, 0.05) is 9.80 Å². The van der Waals surface area contributed by atoms with Crippen molar-refractivity contribution in [1.82, 2.24) is 4.90 Å². The summed E-state index contributed by atoms with van der Waals surface area (Å²) in [6, 6.07) is 17.4. The van der Waals surface area contributed by atoms with Gasteiger partial charge in [-0.1, -0.05) is 54.2 Å². The Morgan fingerprint density at radius 1 is 1.23 bits per heavy atom. The number of carbonyl (C=O) groups excluding carboxylic acids is 1. The van der Waals surface area contributed by atoms with Gasteiger partial charge < -0.3 is 14.7 Å². The zero-order valence-electron chi connectivity index (χ0n) is 17.6. The molecule has 0 bridgehead atoms. The Morgan fingerprint density at radius 2 is 1.94 bits per heavy atom. The van der Waals surface area contributed by atoms with Crippen molar-refractivity contribution in [2.45, 2.75) is 31.0 Å². The molecular weight excluding hydrogens is 428 g/mol. The third-order valence-corrected chi connectivity index (χ3v) is 6.98. The van der Waals surface area contributed by atoms with Gasteiger partial charge in [0.15, 0.2) is 11.4 Å². The third kappa shape index (κ3) is 4.31. The van der Waals surface area contributed by atoms with E-state index in [2.05, 4.69) is 4.99 Å². The predicted octanol–water partition coefficient (Wildman–Crippen LogP) is 5.06. The molecule has 0 radical (unpaired) electrons. The number of hydrogen-bond acceptors (Lipinski definition) is 7. The molecule has 2 aromatic carbocycles. The smallest absolute Gasteiger partial charge is 0.338 e. The maximum Gasteiger partial charge on any atom is 0.338 e. The van der Waals surface area contributed by atoms with Crippen LogP contribution in [-0.2, 0) is 9.53 Å². The standard InChI is InChI=1S/C24H24N2O3S2/c1-4-29-23(28)20-15(2)25-24-26(21(20)17-10-12-18(30-3)13-11-17)22(27)19(31-24)14-16-8-6-5-7-9-16/h5-14,21-22,27H,4H2,1-3H3/b19-14+. The van der Waals surface area contributed by atoms with Gasteiger partial charge >= 0.3 is 5.97 Å². The van der Waals surface area contributed by atoms with Crippen LogP contribution in [0.15, 0.2) is 80.7 Å². The van der Waals surface area contributed by atoms with E-state index in [1.54, 1.807) is 18.7 Å². The van der Waals surface area contributed by atoms with Crippen molar-refractivity contribution >= 4 is 40.7 Å². The van der Waals surface area contributed by atoms with E-state index in [1.807, 2.05) is 78.8 Å². The lowest BCUT2D eigenvalue weighted by Gasteiger charge is -2.36. The summed E-state index contributed by atoms with van der Waals surface area (Å²) in [6.07, 6.45) is 3.08. The van der Waals surface area contributed by atoms with Crippen molar-refractivity contribution in [3.63, 3.8) is 0 Å². The zero-order chi connectivity index (χ0) is 22.0. The predicted molar refractivity (Wildman–Crippen MR) is 128 cm³/mol. The Labute approximate surface area is 190 Å². The molecule has 2 atom stereocenters. The minimum absolute atomic E-state index is 0.279. The lowest BCUT2D eigenvalue weighted by Crippen LogP contribution is -2.41. The number of fused-ring (bicyclic) bond motifs is 1. The normalized spacial score (nSPS) is 21.9. The Hall–Kier alpha value is -2.48. The van der Waals surface area contributed by atoms with Crippen molar-refractivity contribution in [1.29, 1.82) is 0 Å². The second-order valence-electron chi connectivity index (χ2n) is 7.13. The molecule has 0 spiro atoms. The Morgan fingerprint density at radius 3 is 2.58 bits per heavy atom. The summed E-state index contributed by atoms with van der Waals surface area (Å²) in [7, 11) is 0. The van der Waals surface area contributed by atoms with Crippen LogP contribution in [0.5, 0.6) is 0 Å². The van der Waals surface area contributed by atoms with E-state index in [1.165, 1.54) is 11.8 Å². The van der Waals surface area contributed by atoms with Crippen LogP contribution < -0.4 is 0 Å². The lowest BCUT2D eigenvalue weighted by atomic mass is 9.94. The molecule has 1 N–H and O–H groups in total. The summed E-state index contributed by atoms with van der Waals surface area (Å²) in [5.74, 6) is -0.403. The number of aliphatic hydroxyl groups excluding tert-OH is 1. The topological polar surface area (TPSA) is 62.1 Å². The van der Waals surface area contributed by atoms with Crippen molar-refractivity contribution in [2.24, 2.45) is 4.99 Å². The molecule has 5 nitrogen and oxygen atoms in total. The van der Waals surface area contributed by atoms with E-state index in [4.69, 9.17) is 4.74 Å². The van der Waals surface area contributed by atoms with Gasteiger partial charge in [0.1, 0.15) is 0 Å². The number of hydrogen-bond donors (Lipinski definition) is 1. The first-order valence-electron chi connectivity index (χ1n) is 10.0. The second kappa shape index (κ2) is 9.34. The van der Waals surface area contributed by atoms with Gasteiger partial charge in [-0.3, -0.25) is 0 Å². The van der Waals surface area contributed by atoms with Crippen LogP contribution in [0.4, 0.5) is 0 Å². The quantitative estimate of drug-likeness (QED) is 0.505. The van der Waals surface area contributed by atoms with Crippen molar-refractivity contribution < 1.29 is 14.6 Å². The molecule has 2 aromatic rings. The van der Waals surface area contributed by atoms with Crippen LogP contribution in [0, 0.1) is 0 Å². The molecule has 0 saturated carbocycles. The van der Waals surface area contributed by atoms with Gasteiger partial charge in [-0.25, -0.2) is 9.79 Å². The minimum Gasteiger partial charge on any atom is -0.463 e. The van der Waals surface area contributed by atoms with Crippen LogP contribution in [0.1, 0.15) is 31.0 Å². The molecule has 0 amide bonds. The van der Waals surface area contributed by atoms with Gasteiger partial charge in [0.25, 0.3) is 0 Å². The Bertz CT molecular complexity index is 1060. The van der Waals surface area contributed by atoms with E-state index < -0.39 is 18.2 Å². The fourth-order valence-electron chi connectivity index (χ4n) is 3.72. The number of rotatable bonds is 5. The number of carbonyl (C=O) groups is 1. The highest BCUT2D eigenvalue weighted by Crippen LogP contribution is 2.47. The highest BCUT2D eigenvalue weighted by Gasteiger charge is 2.45. The third-order valence-electron chi connectivity index (χ3n) is 5.19. The molecule has 1 fully saturated rings. The molecular formula is C24H24N2O3S2. The van der Waals surface area contributed by atoms with Gasteiger partial charge in [-0.05, 0) is 49.4 Å². The van der Waals surface area contributed by atoms with Gasteiger partial charge in [-0.15, -0.1) is 11.8 Å². The Kier molecular flexibility index (Phi) is 6.55. The summed E-state index contributed by atoms with van der Waals surface area (Å²) in [4.78, 5) is 21.3. The molecule has 2 heterocycles. The highest BCUT2D eigenvalue weighted by molar-refractivity contribution is 8.17. The SMILES string of the molecule is CCOC(=O)C1=C(C)N=C2S/C(=C/c3ccccc3)C(O)N2C1c1ccc(SC)cc1. The molecule has 2 unspecified atom stereocenters. The van der Waals surface area contributed by atoms with Crippen molar-refractivity contribution in [3.8, 4) is 0 Å². The number of ether oxygens (including phenoxy) is 1. The van der Waals surface area contributed by atoms with Crippen LogP contribution in [0.2, 0.25) is 0 Å². The molecule has 1 saturated heterocycles. The van der Waals surface area contributed by atoms with E-state index in [-0.39, 0.29) is 6.61 Å². The number of amidine groups is 1. The molecule has 4 rings (SSSR count). The largest absolute Gasteiger partial charge is 0.463 e. The van der Waals surface area contributed by atoms with E-state index >= 15 is 0 Å². The number of aliphatic hydroxyl groups is 1. The maximum absolute atomic E-state index is 12.9. The molecule has 7 heteroatoms. The molecule has 2 aliphatic rings. The second-order valence-corrected chi connectivity index (χ2v) is 9.05. The fourth-order valence-corrected chi connectivity index (χ4v) is 5.25. The first kappa shape index (κ1) is 21.7. The number of thioether (sulfide) groups is 2. The Balaban J connectivity index is 1.79. The maximum atomic E-state index is 12.9. The van der Waals surface area contributed by atoms with Crippen LogP contribution in [0.25, 0.3) is 6.08 Å². The van der Waals surface area contributed by atoms with E-state index in [0.29, 0.717) is 16.4 Å². The van der Waals surface area contributed by atoms with E-state index in [9.17, 15) is 9.90 Å². The summed E-state index contributed by atoms with van der Waals surface area (Å²) in [5, 5.41) is 12.0. The number of esters is 1. The fraction of sp³-hybridized carbons (Fsp3) is 0.250. The lowest BCUT2D eigenvalue weighted by molar-refractivity contribution is -0.139. The molecule has 2 aliphatic heterocycles. The monoisotopic (exact) mass is 452 g/mol. The summed E-state index contributed by atoms with van der Waals surface area (Å²) in [6.45, 7) is 3.89. The van der Waals surface area contributed by atoms with Gasteiger partial charge in [0.05, 0.1) is 23.9 Å². The number of benzene rings is 2. The molecule has 31 heavy (non-hydrogen) atoms. The first-order chi connectivity index (χ1) is 15.0. The van der Waals surface area contributed by atoms with Crippen molar-refractivity contribution in [3.05, 3.63) is 81.9 Å². The molecule has 0 aromatic heterocycles. The first-order valence-corrected chi connectivity index (χ1v) is 12.1. The minimum atomic E-state index is -0.910. The summed E-state index contributed by atoms with van der Waals surface area (Å²) < 4.78 is 5.35. The van der Waals surface area contributed by atoms with Gasteiger partial charge in [0.2, 0.25) is 0 Å². The van der Waals surface area contributed by atoms with Gasteiger partial charge in [-0.2, -0.15) is 0 Å². The van der Waals surface area contributed by atoms with Crippen molar-refractivity contribution in [2.75, 3.05) is 12.9 Å².